The Bertz CT molecular complexity index is 1140. The minimum Gasteiger partial charge on any atom is -0.506 e. The Morgan fingerprint density at radius 1 is 0.906 bits per heavy atom. The molecule has 0 aliphatic carbocycles. The minimum atomic E-state index is -5.26. The normalized spacial score (nSPS) is 12.0. The molecule has 1 amide bonds. The van der Waals surface area contributed by atoms with Crippen molar-refractivity contribution in [3.05, 3.63) is 76.3 Å². The Labute approximate surface area is 181 Å². The lowest BCUT2D eigenvalue weighted by atomic mass is 9.95. The molecule has 168 valence electrons. The summed E-state index contributed by atoms with van der Waals surface area (Å²) in [6.07, 6.45) is -10.5. The average Bonchev–Trinajstić information content (AvgIpc) is 2.68. The molecule has 0 bridgehead atoms. The molecule has 3 aromatic carbocycles. The van der Waals surface area contributed by atoms with Crippen molar-refractivity contribution in [3.8, 4) is 28.4 Å². The minimum absolute atomic E-state index is 0.199. The third-order valence-electron chi connectivity index (χ3n) is 4.35. The first-order chi connectivity index (χ1) is 14.8. The maximum Gasteiger partial charge on any atom is 0.420 e. The molecule has 0 spiro atoms. The van der Waals surface area contributed by atoms with Gasteiger partial charge in [-0.3, -0.25) is 4.79 Å². The number of nitrogens with two attached hydrogens (primary N) is 1. The SMILES string of the molecule is NC(=O)c1cccc(-c2cc(C(F)(F)F)c(Oc3ccc(Cl)cc3)c(C(F)(F)F)c2)c1O. The van der Waals surface area contributed by atoms with E-state index in [0.29, 0.717) is 12.1 Å². The number of amides is 1. The summed E-state index contributed by atoms with van der Waals surface area (Å²) in [5, 5.41) is 10.4. The number of benzene rings is 3. The van der Waals surface area contributed by atoms with Gasteiger partial charge in [0.15, 0.2) is 5.75 Å². The number of phenols is 1. The van der Waals surface area contributed by atoms with Crippen molar-refractivity contribution in [2.24, 2.45) is 5.73 Å². The van der Waals surface area contributed by atoms with Gasteiger partial charge in [-0.1, -0.05) is 23.7 Å². The first kappa shape index (κ1) is 23.3. The van der Waals surface area contributed by atoms with Gasteiger partial charge in [0.1, 0.15) is 11.5 Å². The Morgan fingerprint density at radius 3 is 1.91 bits per heavy atom. The molecule has 11 heteroatoms. The second-order valence-corrected chi connectivity index (χ2v) is 6.95. The summed E-state index contributed by atoms with van der Waals surface area (Å²) in [6.45, 7) is 0. The molecular formula is C21H12ClF6NO3. The van der Waals surface area contributed by atoms with E-state index >= 15 is 0 Å². The van der Waals surface area contributed by atoms with Gasteiger partial charge in [-0.25, -0.2) is 0 Å². The summed E-state index contributed by atoms with van der Waals surface area (Å²) < 4.78 is 87.7. The van der Waals surface area contributed by atoms with E-state index in [1.54, 1.807) is 0 Å². The van der Waals surface area contributed by atoms with Crippen LogP contribution in [0, 0.1) is 0 Å². The van der Waals surface area contributed by atoms with Gasteiger partial charge in [0, 0.05) is 10.6 Å². The zero-order valence-electron chi connectivity index (χ0n) is 15.7. The number of hydrogen-bond acceptors (Lipinski definition) is 3. The van der Waals surface area contributed by atoms with Gasteiger partial charge in [0.05, 0.1) is 16.7 Å². The Kier molecular flexibility index (Phi) is 6.01. The number of aromatic hydroxyl groups is 1. The number of carbonyl (C=O) groups excluding carboxylic acids is 1. The maximum atomic E-state index is 13.8. The number of alkyl halides is 6. The van der Waals surface area contributed by atoms with Crippen molar-refractivity contribution in [2.75, 3.05) is 0 Å². The van der Waals surface area contributed by atoms with E-state index in [0.717, 1.165) is 30.3 Å². The summed E-state index contributed by atoms with van der Waals surface area (Å²) in [7, 11) is 0. The van der Waals surface area contributed by atoms with E-state index in [1.807, 2.05) is 0 Å². The predicted octanol–water partition coefficient (Wildman–Crippen LogP) is 6.64. The number of para-hydroxylation sites is 1. The van der Waals surface area contributed by atoms with Gasteiger partial charge in [0.2, 0.25) is 0 Å². The van der Waals surface area contributed by atoms with Crippen LogP contribution in [0.4, 0.5) is 26.3 Å². The summed E-state index contributed by atoms with van der Waals surface area (Å²) in [5.41, 5.74) is 0.0621. The van der Waals surface area contributed by atoms with Gasteiger partial charge in [-0.15, -0.1) is 0 Å². The van der Waals surface area contributed by atoms with Crippen LogP contribution < -0.4 is 10.5 Å². The predicted molar refractivity (Wildman–Crippen MR) is 104 cm³/mol. The fourth-order valence-electron chi connectivity index (χ4n) is 2.91. The van der Waals surface area contributed by atoms with Crippen LogP contribution in [0.3, 0.4) is 0 Å². The summed E-state index contributed by atoms with van der Waals surface area (Å²) in [5.74, 6) is -3.75. The first-order valence-corrected chi connectivity index (χ1v) is 9.05. The maximum absolute atomic E-state index is 13.8. The van der Waals surface area contributed by atoms with E-state index in [-0.39, 0.29) is 10.8 Å². The molecule has 0 heterocycles. The average molecular weight is 476 g/mol. The van der Waals surface area contributed by atoms with Gasteiger partial charge in [0.25, 0.3) is 5.91 Å². The van der Waals surface area contributed by atoms with Crippen molar-refractivity contribution in [1.29, 1.82) is 0 Å². The molecule has 0 unspecified atom stereocenters. The van der Waals surface area contributed by atoms with E-state index < -0.39 is 57.6 Å². The van der Waals surface area contributed by atoms with Crippen LogP contribution in [0.25, 0.3) is 11.1 Å². The Morgan fingerprint density at radius 2 is 1.44 bits per heavy atom. The topological polar surface area (TPSA) is 72.6 Å². The Hall–Kier alpha value is -3.40. The van der Waals surface area contributed by atoms with Crippen molar-refractivity contribution in [2.45, 2.75) is 12.4 Å². The smallest absolute Gasteiger partial charge is 0.420 e. The number of ether oxygens (including phenoxy) is 1. The van der Waals surface area contributed by atoms with Gasteiger partial charge >= 0.3 is 12.4 Å². The molecule has 0 saturated heterocycles. The van der Waals surface area contributed by atoms with E-state index in [9.17, 15) is 36.2 Å². The highest BCUT2D eigenvalue weighted by Gasteiger charge is 2.43. The number of halogens is 7. The molecule has 0 atom stereocenters. The number of primary amides is 1. The second-order valence-electron chi connectivity index (χ2n) is 6.52. The van der Waals surface area contributed by atoms with Crippen molar-refractivity contribution < 1.29 is 41.0 Å². The summed E-state index contributed by atoms with van der Waals surface area (Å²) >= 11 is 5.69. The molecular weight excluding hydrogens is 464 g/mol. The highest BCUT2D eigenvalue weighted by Crippen LogP contribution is 2.49. The fourth-order valence-corrected chi connectivity index (χ4v) is 3.04. The molecule has 0 fully saturated rings. The second kappa shape index (κ2) is 8.27. The Balaban J connectivity index is 2.31. The third kappa shape index (κ3) is 4.75. The zero-order valence-corrected chi connectivity index (χ0v) is 16.4. The molecule has 0 saturated carbocycles. The van der Waals surface area contributed by atoms with Crippen LogP contribution in [-0.2, 0) is 12.4 Å². The molecule has 32 heavy (non-hydrogen) atoms. The van der Waals surface area contributed by atoms with Gasteiger partial charge in [-0.2, -0.15) is 26.3 Å². The van der Waals surface area contributed by atoms with Crippen LogP contribution >= 0.6 is 11.6 Å². The summed E-state index contributed by atoms with van der Waals surface area (Å²) in [4.78, 5) is 11.4. The molecule has 0 radical (unpaired) electrons. The fraction of sp³-hybridized carbons (Fsp3) is 0.0952. The lowest BCUT2D eigenvalue weighted by Crippen LogP contribution is -2.15. The van der Waals surface area contributed by atoms with Gasteiger partial charge < -0.3 is 15.6 Å². The van der Waals surface area contributed by atoms with Crippen LogP contribution in [0.2, 0.25) is 5.02 Å². The summed E-state index contributed by atoms with van der Waals surface area (Å²) in [6, 6.07) is 8.76. The van der Waals surface area contributed by atoms with Crippen molar-refractivity contribution in [3.63, 3.8) is 0 Å². The monoisotopic (exact) mass is 475 g/mol. The van der Waals surface area contributed by atoms with E-state index in [1.165, 1.54) is 12.1 Å². The zero-order chi connectivity index (χ0) is 23.8. The molecule has 3 aromatic rings. The molecule has 0 aliphatic heterocycles. The first-order valence-electron chi connectivity index (χ1n) is 8.67. The largest absolute Gasteiger partial charge is 0.506 e. The number of hydrogen-bond donors (Lipinski definition) is 2. The van der Waals surface area contributed by atoms with Gasteiger partial charge in [-0.05, 0) is 48.0 Å². The van der Waals surface area contributed by atoms with Crippen LogP contribution in [0.1, 0.15) is 21.5 Å². The van der Waals surface area contributed by atoms with E-state index in [2.05, 4.69) is 0 Å². The molecule has 0 aliphatic rings. The van der Waals surface area contributed by atoms with Crippen molar-refractivity contribution >= 4 is 17.5 Å². The molecule has 4 nitrogen and oxygen atoms in total. The standard InChI is InChI=1S/C21H12ClF6NO3/c22-11-4-6-12(7-5-11)32-18-15(20(23,24)25)8-10(9-16(18)21(26,27)28)13-2-1-3-14(17(13)30)19(29)31/h1-9,30H,(H2,29,31). The highest BCUT2D eigenvalue weighted by molar-refractivity contribution is 6.30. The van der Waals surface area contributed by atoms with Crippen LogP contribution in [0.15, 0.2) is 54.6 Å². The lowest BCUT2D eigenvalue weighted by Gasteiger charge is -2.21. The van der Waals surface area contributed by atoms with E-state index in [4.69, 9.17) is 22.1 Å². The quantitative estimate of drug-likeness (QED) is 0.415. The number of carbonyl (C=O) groups is 1. The lowest BCUT2D eigenvalue weighted by molar-refractivity contribution is -0.144. The van der Waals surface area contributed by atoms with Crippen molar-refractivity contribution in [1.82, 2.24) is 0 Å². The number of rotatable bonds is 4. The molecule has 0 aromatic heterocycles. The third-order valence-corrected chi connectivity index (χ3v) is 4.60. The molecule has 3 N–H and O–H groups in total. The highest BCUT2D eigenvalue weighted by atomic mass is 35.5. The van der Waals surface area contributed by atoms with Crippen LogP contribution in [-0.4, -0.2) is 11.0 Å². The molecule has 3 rings (SSSR count). The van der Waals surface area contributed by atoms with Crippen LogP contribution in [0.5, 0.6) is 17.2 Å².